The van der Waals surface area contributed by atoms with Crippen LogP contribution in [0.25, 0.3) is 11.0 Å². The van der Waals surface area contributed by atoms with Gasteiger partial charge in [-0.05, 0) is 35.9 Å². The maximum Gasteiger partial charge on any atom is 0.271 e. The maximum absolute atomic E-state index is 13.4. The summed E-state index contributed by atoms with van der Waals surface area (Å²) in [5.74, 6) is -1.20. The van der Waals surface area contributed by atoms with E-state index in [0.29, 0.717) is 23.3 Å². The molecule has 3 aromatic carbocycles. The highest BCUT2D eigenvalue weighted by molar-refractivity contribution is 5.97. The molecule has 1 heterocycles. The predicted molar refractivity (Wildman–Crippen MR) is 120 cm³/mol. The first-order valence-corrected chi connectivity index (χ1v) is 10.1. The fourth-order valence-electron chi connectivity index (χ4n) is 3.20. The quantitative estimate of drug-likeness (QED) is 0.442. The summed E-state index contributed by atoms with van der Waals surface area (Å²) >= 11 is 0. The molecule has 0 bridgehead atoms. The summed E-state index contributed by atoms with van der Waals surface area (Å²) in [6.07, 6.45) is 0. The van der Waals surface area contributed by atoms with Crippen LogP contribution < -0.4 is 21.0 Å². The standard InChI is InChI=1S/C25H20FN3O4/c1-32-21-12-6-9-17-14-20(24(31)27-15-16-7-3-2-4-8-16)25(33-22(17)21)29-28-23(30)18-10-5-11-19(26)13-18/h2-14H,15H2,1H3,(H,27,31)(H,28,30)/b29-25+. The van der Waals surface area contributed by atoms with Crippen molar-refractivity contribution in [1.29, 1.82) is 0 Å². The third-order valence-corrected chi connectivity index (χ3v) is 4.84. The van der Waals surface area contributed by atoms with Crippen LogP contribution in [0.3, 0.4) is 0 Å². The molecule has 2 amide bonds. The van der Waals surface area contributed by atoms with Crippen molar-refractivity contribution in [3.05, 3.63) is 107 Å². The first kappa shape index (κ1) is 21.8. The zero-order chi connectivity index (χ0) is 23.2. The summed E-state index contributed by atoms with van der Waals surface area (Å²) in [7, 11) is 1.49. The smallest absolute Gasteiger partial charge is 0.271 e. The lowest BCUT2D eigenvalue weighted by atomic mass is 10.1. The number of fused-ring (bicyclic) bond motifs is 1. The van der Waals surface area contributed by atoms with E-state index in [1.807, 2.05) is 30.3 Å². The van der Waals surface area contributed by atoms with Gasteiger partial charge in [-0.25, -0.2) is 9.82 Å². The molecule has 166 valence electrons. The van der Waals surface area contributed by atoms with E-state index >= 15 is 0 Å². The van der Waals surface area contributed by atoms with Crippen LogP contribution in [-0.4, -0.2) is 18.9 Å². The molecule has 4 aromatic rings. The largest absolute Gasteiger partial charge is 0.493 e. The Hall–Kier alpha value is -4.46. The molecule has 0 saturated carbocycles. The Morgan fingerprint density at radius 3 is 2.52 bits per heavy atom. The van der Waals surface area contributed by atoms with E-state index in [1.54, 1.807) is 24.3 Å². The van der Waals surface area contributed by atoms with E-state index < -0.39 is 17.6 Å². The zero-order valence-corrected chi connectivity index (χ0v) is 17.7. The topological polar surface area (TPSA) is 92.9 Å². The number of benzene rings is 3. The Labute approximate surface area is 188 Å². The first-order chi connectivity index (χ1) is 16.0. The average molecular weight is 445 g/mol. The predicted octanol–water partition coefficient (Wildman–Crippen LogP) is 3.76. The van der Waals surface area contributed by atoms with Crippen molar-refractivity contribution in [3.63, 3.8) is 0 Å². The van der Waals surface area contributed by atoms with Gasteiger partial charge in [-0.3, -0.25) is 9.59 Å². The van der Waals surface area contributed by atoms with Gasteiger partial charge in [0.05, 0.1) is 7.11 Å². The van der Waals surface area contributed by atoms with E-state index in [2.05, 4.69) is 15.8 Å². The number of ether oxygens (including phenoxy) is 1. The van der Waals surface area contributed by atoms with Crippen LogP contribution in [0.2, 0.25) is 0 Å². The number of nitrogens with zero attached hydrogens (tertiary/aromatic N) is 1. The Kier molecular flexibility index (Phi) is 6.45. The molecule has 0 aliphatic heterocycles. The van der Waals surface area contributed by atoms with Gasteiger partial charge in [0.15, 0.2) is 11.3 Å². The van der Waals surface area contributed by atoms with Gasteiger partial charge in [0.25, 0.3) is 11.8 Å². The minimum Gasteiger partial charge on any atom is -0.493 e. The molecule has 7 nitrogen and oxygen atoms in total. The average Bonchev–Trinajstić information content (AvgIpc) is 2.85. The molecule has 0 radical (unpaired) electrons. The number of hydrogen-bond donors (Lipinski definition) is 2. The summed E-state index contributed by atoms with van der Waals surface area (Å²) in [6, 6.07) is 21.4. The van der Waals surface area contributed by atoms with Gasteiger partial charge in [-0.15, -0.1) is 5.10 Å². The van der Waals surface area contributed by atoms with Gasteiger partial charge in [-0.2, -0.15) is 0 Å². The molecule has 0 aliphatic carbocycles. The van der Waals surface area contributed by atoms with Crippen molar-refractivity contribution < 1.29 is 23.1 Å². The molecule has 1 aromatic heterocycles. The summed E-state index contributed by atoms with van der Waals surface area (Å²) in [5.41, 5.74) is 3.67. The molecule has 0 saturated heterocycles. The van der Waals surface area contributed by atoms with Crippen LogP contribution >= 0.6 is 0 Å². The van der Waals surface area contributed by atoms with Crippen molar-refractivity contribution >= 4 is 22.8 Å². The maximum atomic E-state index is 13.4. The van der Waals surface area contributed by atoms with Crippen molar-refractivity contribution in [3.8, 4) is 5.75 Å². The third-order valence-electron chi connectivity index (χ3n) is 4.84. The molecular weight excluding hydrogens is 425 g/mol. The summed E-state index contributed by atoms with van der Waals surface area (Å²) in [4.78, 5) is 25.4. The SMILES string of the molecule is COc1cccc2cc(C(=O)NCc3ccccc3)/c(=N\NC(=O)c3cccc(F)c3)oc12. The van der Waals surface area contributed by atoms with Crippen LogP contribution in [0.4, 0.5) is 4.39 Å². The van der Waals surface area contributed by atoms with E-state index in [4.69, 9.17) is 9.15 Å². The number of carbonyl (C=O) groups is 2. The molecule has 0 spiro atoms. The monoisotopic (exact) mass is 445 g/mol. The van der Waals surface area contributed by atoms with Gasteiger partial charge in [0.2, 0.25) is 5.55 Å². The van der Waals surface area contributed by atoms with Gasteiger partial charge in [0.1, 0.15) is 11.4 Å². The lowest BCUT2D eigenvalue weighted by molar-refractivity contribution is 0.0932. The second kappa shape index (κ2) is 9.78. The highest BCUT2D eigenvalue weighted by Crippen LogP contribution is 2.24. The van der Waals surface area contributed by atoms with Crippen molar-refractivity contribution in [2.45, 2.75) is 6.54 Å². The molecule has 0 fully saturated rings. The minimum atomic E-state index is -0.652. The molecule has 0 aliphatic rings. The molecule has 33 heavy (non-hydrogen) atoms. The summed E-state index contributed by atoms with van der Waals surface area (Å²) < 4.78 is 24.6. The van der Waals surface area contributed by atoms with Crippen molar-refractivity contribution in [2.75, 3.05) is 7.11 Å². The number of amides is 2. The fraction of sp³-hybridized carbons (Fsp3) is 0.0800. The minimum absolute atomic E-state index is 0.0761. The summed E-state index contributed by atoms with van der Waals surface area (Å²) in [5, 5.41) is 7.45. The molecular formula is C25H20FN3O4. The second-order valence-corrected chi connectivity index (χ2v) is 7.08. The van der Waals surface area contributed by atoms with Crippen molar-refractivity contribution in [2.24, 2.45) is 5.10 Å². The van der Waals surface area contributed by atoms with E-state index in [9.17, 15) is 14.0 Å². The molecule has 0 atom stereocenters. The zero-order valence-electron chi connectivity index (χ0n) is 17.7. The molecule has 4 rings (SSSR count). The molecule has 2 N–H and O–H groups in total. The van der Waals surface area contributed by atoms with Gasteiger partial charge in [-0.1, -0.05) is 48.5 Å². The van der Waals surface area contributed by atoms with E-state index in [-0.39, 0.29) is 16.7 Å². The van der Waals surface area contributed by atoms with E-state index in [0.717, 1.165) is 11.6 Å². The Morgan fingerprint density at radius 2 is 1.76 bits per heavy atom. The fourth-order valence-corrected chi connectivity index (χ4v) is 3.20. The number of methoxy groups -OCH3 is 1. The number of rotatable bonds is 6. The number of nitrogens with one attached hydrogen (secondary N) is 2. The number of halogens is 1. The van der Waals surface area contributed by atoms with Crippen molar-refractivity contribution in [1.82, 2.24) is 10.7 Å². The van der Waals surface area contributed by atoms with Gasteiger partial charge < -0.3 is 14.5 Å². The van der Waals surface area contributed by atoms with Crippen LogP contribution in [0, 0.1) is 5.82 Å². The highest BCUT2D eigenvalue weighted by Gasteiger charge is 2.15. The van der Waals surface area contributed by atoms with E-state index in [1.165, 1.54) is 25.3 Å². The molecule has 0 unspecified atom stereocenters. The van der Waals surface area contributed by atoms with Gasteiger partial charge in [0, 0.05) is 17.5 Å². The Morgan fingerprint density at radius 1 is 0.970 bits per heavy atom. The highest BCUT2D eigenvalue weighted by atomic mass is 19.1. The Balaban J connectivity index is 1.71. The lowest BCUT2D eigenvalue weighted by Crippen LogP contribution is -2.30. The molecule has 8 heteroatoms. The van der Waals surface area contributed by atoms with Crippen LogP contribution in [0.1, 0.15) is 26.3 Å². The first-order valence-electron chi connectivity index (χ1n) is 10.1. The normalized spacial score (nSPS) is 11.3. The van der Waals surface area contributed by atoms with Gasteiger partial charge >= 0.3 is 0 Å². The Bertz CT molecular complexity index is 1380. The third kappa shape index (κ3) is 5.07. The number of carbonyl (C=O) groups excluding carboxylic acids is 2. The number of para-hydroxylation sites is 1. The number of hydrogen-bond acceptors (Lipinski definition) is 5. The van der Waals surface area contributed by atoms with Crippen LogP contribution in [-0.2, 0) is 6.54 Å². The second-order valence-electron chi connectivity index (χ2n) is 7.08. The van der Waals surface area contributed by atoms with Crippen LogP contribution in [0.15, 0.2) is 88.4 Å². The van der Waals surface area contributed by atoms with Crippen LogP contribution in [0.5, 0.6) is 5.75 Å². The lowest BCUT2D eigenvalue weighted by Gasteiger charge is -2.09. The summed E-state index contributed by atoms with van der Waals surface area (Å²) in [6.45, 7) is 0.297.